The highest BCUT2D eigenvalue weighted by Crippen LogP contribution is 2.36. The third kappa shape index (κ3) is 5.61. The Labute approximate surface area is 177 Å². The van der Waals surface area contributed by atoms with E-state index in [0.29, 0.717) is 12.5 Å². The van der Waals surface area contributed by atoms with Gasteiger partial charge in [0.15, 0.2) is 5.96 Å². The van der Waals surface area contributed by atoms with Crippen LogP contribution in [-0.4, -0.2) is 47.2 Å². The predicted molar refractivity (Wildman–Crippen MR) is 112 cm³/mol. The Morgan fingerprint density at radius 2 is 1.90 bits per heavy atom. The molecule has 0 radical (unpaired) electrons. The zero-order chi connectivity index (χ0) is 21.9. The molecule has 2 N–H and O–H groups in total. The van der Waals surface area contributed by atoms with Crippen LogP contribution in [0.2, 0.25) is 0 Å². The van der Waals surface area contributed by atoms with E-state index in [1.807, 2.05) is 32.6 Å². The van der Waals surface area contributed by atoms with Crippen molar-refractivity contribution in [2.75, 3.05) is 6.54 Å². The minimum atomic E-state index is -0.511. The molecule has 166 valence electrons. The van der Waals surface area contributed by atoms with Gasteiger partial charge in [-0.25, -0.2) is 18.6 Å². The molecule has 0 aliphatic carbocycles. The minimum Gasteiger partial charge on any atom is -0.444 e. The molecule has 6 nitrogen and oxygen atoms in total. The second-order valence-corrected chi connectivity index (χ2v) is 9.02. The molecule has 2 unspecified atom stereocenters. The van der Waals surface area contributed by atoms with Crippen LogP contribution in [0.3, 0.4) is 0 Å². The smallest absolute Gasteiger partial charge is 0.410 e. The number of aliphatic imine (C=N–C) groups is 1. The van der Waals surface area contributed by atoms with E-state index in [1.54, 1.807) is 0 Å². The monoisotopic (exact) mass is 422 g/mol. The Kier molecular flexibility index (Phi) is 6.83. The number of carbonyl (C=O) groups is 1. The number of piperidine rings is 1. The summed E-state index contributed by atoms with van der Waals surface area (Å²) in [6.45, 7) is 8.28. The van der Waals surface area contributed by atoms with Crippen molar-refractivity contribution in [3.05, 3.63) is 35.4 Å². The van der Waals surface area contributed by atoms with Crippen LogP contribution in [0.25, 0.3) is 0 Å². The van der Waals surface area contributed by atoms with Crippen molar-refractivity contribution in [1.29, 1.82) is 0 Å². The summed E-state index contributed by atoms with van der Waals surface area (Å²) in [5.41, 5.74) is -0.296. The molecule has 0 saturated carbocycles. The normalized spacial score (nSPS) is 24.0. The van der Waals surface area contributed by atoms with Gasteiger partial charge in [0, 0.05) is 30.2 Å². The lowest BCUT2D eigenvalue weighted by Crippen LogP contribution is -2.55. The fourth-order valence-electron chi connectivity index (χ4n) is 4.25. The predicted octanol–water partition coefficient (Wildman–Crippen LogP) is 3.95. The summed E-state index contributed by atoms with van der Waals surface area (Å²) in [6.07, 6.45) is 3.29. The van der Waals surface area contributed by atoms with Crippen molar-refractivity contribution in [2.24, 2.45) is 4.99 Å². The van der Waals surface area contributed by atoms with Gasteiger partial charge in [0.1, 0.15) is 17.2 Å². The van der Waals surface area contributed by atoms with Crippen LogP contribution in [-0.2, 0) is 11.3 Å². The molecule has 1 aromatic rings. The van der Waals surface area contributed by atoms with Crippen LogP contribution in [0, 0.1) is 11.6 Å². The molecular weight excluding hydrogens is 390 g/mol. The lowest BCUT2D eigenvalue weighted by atomic mass is 9.98. The molecule has 2 bridgehead atoms. The molecule has 30 heavy (non-hydrogen) atoms. The summed E-state index contributed by atoms with van der Waals surface area (Å²) in [4.78, 5) is 18.9. The lowest BCUT2D eigenvalue weighted by Gasteiger charge is -2.40. The van der Waals surface area contributed by atoms with E-state index >= 15 is 0 Å². The topological polar surface area (TPSA) is 66.0 Å². The average Bonchev–Trinajstić information content (AvgIpc) is 2.92. The van der Waals surface area contributed by atoms with Gasteiger partial charge in [-0.1, -0.05) is 0 Å². The summed E-state index contributed by atoms with van der Waals surface area (Å²) in [6, 6.07) is 3.81. The number of ether oxygens (including phenoxy) is 1. The summed E-state index contributed by atoms with van der Waals surface area (Å²) in [5.74, 6) is -0.387. The maximum Gasteiger partial charge on any atom is 0.410 e. The zero-order valence-corrected chi connectivity index (χ0v) is 18.2. The van der Waals surface area contributed by atoms with E-state index in [9.17, 15) is 13.6 Å². The minimum absolute atomic E-state index is 0.0442. The number of hydrogen-bond donors (Lipinski definition) is 2. The van der Waals surface area contributed by atoms with E-state index in [1.165, 1.54) is 6.07 Å². The number of fused-ring (bicyclic) bond motifs is 2. The molecule has 2 aliphatic heterocycles. The number of carbonyl (C=O) groups excluding carboxylic acids is 1. The number of benzene rings is 1. The van der Waals surface area contributed by atoms with Gasteiger partial charge in [-0.15, -0.1) is 0 Å². The number of guanidine groups is 1. The lowest BCUT2D eigenvalue weighted by molar-refractivity contribution is 0.00545. The number of halogens is 2. The Morgan fingerprint density at radius 3 is 2.50 bits per heavy atom. The average molecular weight is 423 g/mol. The first-order chi connectivity index (χ1) is 14.2. The molecule has 2 saturated heterocycles. The zero-order valence-electron chi connectivity index (χ0n) is 18.2. The van der Waals surface area contributed by atoms with E-state index in [-0.39, 0.29) is 36.3 Å². The summed E-state index contributed by atoms with van der Waals surface area (Å²) < 4.78 is 32.9. The van der Waals surface area contributed by atoms with Crippen LogP contribution in [0.5, 0.6) is 0 Å². The molecule has 2 aliphatic rings. The Balaban J connectivity index is 1.63. The second-order valence-electron chi connectivity index (χ2n) is 9.02. The third-order valence-corrected chi connectivity index (χ3v) is 5.44. The van der Waals surface area contributed by atoms with Crippen molar-refractivity contribution < 1.29 is 18.3 Å². The van der Waals surface area contributed by atoms with E-state index in [2.05, 4.69) is 15.6 Å². The summed E-state index contributed by atoms with van der Waals surface area (Å²) in [7, 11) is 0. The number of nitrogens with one attached hydrogen (secondary N) is 2. The van der Waals surface area contributed by atoms with Crippen LogP contribution >= 0.6 is 0 Å². The van der Waals surface area contributed by atoms with Crippen LogP contribution < -0.4 is 10.6 Å². The van der Waals surface area contributed by atoms with Gasteiger partial charge in [-0.3, -0.25) is 0 Å². The van der Waals surface area contributed by atoms with Gasteiger partial charge < -0.3 is 20.3 Å². The molecule has 1 aromatic carbocycles. The third-order valence-electron chi connectivity index (χ3n) is 5.44. The van der Waals surface area contributed by atoms with Gasteiger partial charge in [-0.05, 0) is 71.6 Å². The number of hydrogen-bond acceptors (Lipinski definition) is 3. The van der Waals surface area contributed by atoms with E-state index < -0.39 is 17.2 Å². The van der Waals surface area contributed by atoms with Crippen molar-refractivity contribution in [3.63, 3.8) is 0 Å². The van der Waals surface area contributed by atoms with Crippen LogP contribution in [0.4, 0.5) is 13.6 Å². The largest absolute Gasteiger partial charge is 0.444 e. The molecule has 3 rings (SSSR count). The highest BCUT2D eigenvalue weighted by molar-refractivity contribution is 5.80. The van der Waals surface area contributed by atoms with Gasteiger partial charge in [0.2, 0.25) is 0 Å². The fraction of sp³-hybridized carbons (Fsp3) is 0.636. The van der Waals surface area contributed by atoms with Crippen LogP contribution in [0.1, 0.15) is 58.9 Å². The highest BCUT2D eigenvalue weighted by atomic mass is 19.1. The van der Waals surface area contributed by atoms with E-state index in [0.717, 1.165) is 37.8 Å². The fourth-order valence-corrected chi connectivity index (χ4v) is 4.25. The van der Waals surface area contributed by atoms with Gasteiger partial charge in [-0.2, -0.15) is 0 Å². The molecule has 2 atom stereocenters. The standard InChI is InChI=1S/C22H32F2N4O2/c1-5-25-20(26-13-14-10-15(23)6-9-19(14)24)27-16-11-17-7-8-18(12-16)28(17)21(29)30-22(2,3)4/h6,9-10,16-18H,5,7-8,11-13H2,1-4H3,(H2,25,26,27). The molecule has 1 amide bonds. The number of nitrogens with zero attached hydrogens (tertiary/aromatic N) is 2. The molecule has 8 heteroatoms. The van der Waals surface area contributed by atoms with Crippen molar-refractivity contribution >= 4 is 12.1 Å². The quantitative estimate of drug-likeness (QED) is 0.570. The highest BCUT2D eigenvalue weighted by Gasteiger charge is 2.45. The first-order valence-electron chi connectivity index (χ1n) is 10.7. The number of rotatable bonds is 4. The van der Waals surface area contributed by atoms with Gasteiger partial charge in [0.05, 0.1) is 6.54 Å². The van der Waals surface area contributed by atoms with E-state index in [4.69, 9.17) is 4.74 Å². The Morgan fingerprint density at radius 1 is 1.23 bits per heavy atom. The molecule has 2 heterocycles. The maximum atomic E-state index is 13.9. The Hall–Kier alpha value is -2.38. The van der Waals surface area contributed by atoms with Gasteiger partial charge >= 0.3 is 6.09 Å². The molecular formula is C22H32F2N4O2. The summed E-state index contributed by atoms with van der Waals surface area (Å²) in [5, 5.41) is 6.58. The van der Waals surface area contributed by atoms with Crippen molar-refractivity contribution in [1.82, 2.24) is 15.5 Å². The first-order valence-corrected chi connectivity index (χ1v) is 10.7. The van der Waals surface area contributed by atoms with Crippen LogP contribution in [0.15, 0.2) is 23.2 Å². The van der Waals surface area contributed by atoms with Crippen molar-refractivity contribution in [3.8, 4) is 0 Å². The first kappa shape index (κ1) is 22.3. The number of amides is 1. The second kappa shape index (κ2) is 9.18. The Bertz CT molecular complexity index is 780. The maximum absolute atomic E-state index is 13.9. The molecule has 0 aromatic heterocycles. The summed E-state index contributed by atoms with van der Waals surface area (Å²) >= 11 is 0. The molecule has 0 spiro atoms. The SMILES string of the molecule is CCNC(=NCc1cc(F)ccc1F)NC1CC2CCC(C1)N2C(=O)OC(C)(C)C. The van der Waals surface area contributed by atoms with Crippen molar-refractivity contribution in [2.45, 2.75) is 83.6 Å². The van der Waals surface area contributed by atoms with Gasteiger partial charge in [0.25, 0.3) is 0 Å². The molecule has 2 fully saturated rings.